The third-order valence-electron chi connectivity index (χ3n) is 7.00. The van der Waals surface area contributed by atoms with E-state index < -0.39 is 0 Å². The molecule has 0 atom stereocenters. The van der Waals surface area contributed by atoms with Gasteiger partial charge in [0.2, 0.25) is 0 Å². The number of quaternary nitrogens is 2. The summed E-state index contributed by atoms with van der Waals surface area (Å²) < 4.78 is 13.9. The monoisotopic (exact) mass is 560 g/mol. The molecule has 0 unspecified atom stereocenters. The number of terminal acetylenes is 1. The van der Waals surface area contributed by atoms with Crippen molar-refractivity contribution in [2.24, 2.45) is 0 Å². The van der Waals surface area contributed by atoms with Gasteiger partial charge in [-0.25, -0.2) is 0 Å². The van der Waals surface area contributed by atoms with Crippen LogP contribution in [0.1, 0.15) is 27.8 Å². The van der Waals surface area contributed by atoms with Crippen LogP contribution in [0, 0.1) is 12.3 Å². The van der Waals surface area contributed by atoms with Gasteiger partial charge < -0.3 is 18.4 Å². The number of nitrogens with zero attached hydrogens (tertiary/aromatic N) is 2. The lowest BCUT2D eigenvalue weighted by molar-refractivity contribution is -0.870. The Morgan fingerprint density at radius 1 is 0.524 bits per heavy atom. The standard InChI is InChI=1S/C38H44N2O2/c1-8-30-14-16-32(17-15-30)37(31-12-10-9-11-13-31)38(33-18-22-35(23-19-33)41-28-26-39(2,3)4)34-20-24-36(25-21-34)42-29-27-40(5,6)7/h1,9-25H,26-29H2,2-7H3/q+2. The summed E-state index contributed by atoms with van der Waals surface area (Å²) in [5, 5.41) is 0. The van der Waals surface area contributed by atoms with E-state index in [-0.39, 0.29) is 0 Å². The van der Waals surface area contributed by atoms with Gasteiger partial charge in [0.05, 0.1) is 42.3 Å². The molecule has 4 heteroatoms. The molecule has 0 spiro atoms. The minimum Gasteiger partial charge on any atom is -0.488 e. The van der Waals surface area contributed by atoms with Gasteiger partial charge in [0.1, 0.15) is 37.8 Å². The molecule has 0 aliphatic heterocycles. The number of benzene rings is 4. The van der Waals surface area contributed by atoms with Crippen LogP contribution in [0.15, 0.2) is 103 Å². The van der Waals surface area contributed by atoms with Gasteiger partial charge in [-0.15, -0.1) is 6.42 Å². The Kier molecular flexibility index (Phi) is 9.91. The van der Waals surface area contributed by atoms with Crippen molar-refractivity contribution < 1.29 is 18.4 Å². The number of hydrogen-bond acceptors (Lipinski definition) is 2. The van der Waals surface area contributed by atoms with Crippen LogP contribution in [0.3, 0.4) is 0 Å². The Balaban J connectivity index is 1.80. The smallest absolute Gasteiger partial charge is 0.137 e. The molecule has 0 bridgehead atoms. The molecule has 0 aliphatic rings. The first-order chi connectivity index (χ1) is 20.0. The number of hydrogen-bond donors (Lipinski definition) is 0. The third kappa shape index (κ3) is 8.85. The third-order valence-corrected chi connectivity index (χ3v) is 7.00. The summed E-state index contributed by atoms with van der Waals surface area (Å²) in [5.74, 6) is 4.48. The van der Waals surface area contributed by atoms with Crippen LogP contribution in [0.25, 0.3) is 11.1 Å². The Labute approximate surface area is 252 Å². The second-order valence-electron chi connectivity index (χ2n) is 12.6. The molecule has 0 aliphatic carbocycles. The van der Waals surface area contributed by atoms with E-state index >= 15 is 0 Å². The van der Waals surface area contributed by atoms with Crippen LogP contribution >= 0.6 is 0 Å². The van der Waals surface area contributed by atoms with Gasteiger partial charge in [0.15, 0.2) is 0 Å². The molecule has 42 heavy (non-hydrogen) atoms. The van der Waals surface area contributed by atoms with Crippen LogP contribution in [-0.2, 0) is 0 Å². The molecule has 0 amide bonds. The first kappa shape index (κ1) is 30.7. The van der Waals surface area contributed by atoms with Gasteiger partial charge in [0.25, 0.3) is 0 Å². The Morgan fingerprint density at radius 3 is 1.24 bits per heavy atom. The highest BCUT2D eigenvalue weighted by Gasteiger charge is 2.17. The van der Waals surface area contributed by atoms with E-state index in [4.69, 9.17) is 15.9 Å². The average Bonchev–Trinajstić information content (AvgIpc) is 2.96. The van der Waals surface area contributed by atoms with Crippen LogP contribution in [-0.4, -0.2) is 77.6 Å². The van der Waals surface area contributed by atoms with Crippen molar-refractivity contribution in [3.8, 4) is 23.8 Å². The Hall–Kier alpha value is -4.30. The average molecular weight is 561 g/mol. The van der Waals surface area contributed by atoms with Crippen LogP contribution in [0.4, 0.5) is 0 Å². The summed E-state index contributed by atoms with van der Waals surface area (Å²) in [6, 6.07) is 35.7. The maximum atomic E-state index is 6.09. The predicted molar refractivity (Wildman–Crippen MR) is 176 cm³/mol. The first-order valence-corrected chi connectivity index (χ1v) is 14.5. The fourth-order valence-electron chi connectivity index (χ4n) is 4.56. The largest absolute Gasteiger partial charge is 0.488 e. The summed E-state index contributed by atoms with van der Waals surface area (Å²) in [4.78, 5) is 0. The van der Waals surface area contributed by atoms with Crippen molar-refractivity contribution in [1.29, 1.82) is 0 Å². The van der Waals surface area contributed by atoms with Crippen molar-refractivity contribution >= 4 is 11.1 Å². The van der Waals surface area contributed by atoms with E-state index in [1.54, 1.807) is 0 Å². The highest BCUT2D eigenvalue weighted by atomic mass is 16.5. The zero-order chi connectivity index (χ0) is 30.2. The van der Waals surface area contributed by atoms with Gasteiger partial charge in [-0.3, -0.25) is 0 Å². The van der Waals surface area contributed by atoms with E-state index in [0.717, 1.165) is 72.5 Å². The number of rotatable bonds is 12. The molecule has 0 N–H and O–H groups in total. The zero-order valence-corrected chi connectivity index (χ0v) is 25.9. The van der Waals surface area contributed by atoms with Gasteiger partial charge >= 0.3 is 0 Å². The molecule has 4 aromatic carbocycles. The molecule has 0 saturated carbocycles. The fourth-order valence-corrected chi connectivity index (χ4v) is 4.56. The molecule has 0 saturated heterocycles. The van der Waals surface area contributed by atoms with Gasteiger partial charge in [-0.2, -0.15) is 0 Å². The lowest BCUT2D eigenvalue weighted by atomic mass is 9.85. The summed E-state index contributed by atoms with van der Waals surface area (Å²) in [6.45, 7) is 3.19. The zero-order valence-electron chi connectivity index (χ0n) is 25.9. The van der Waals surface area contributed by atoms with E-state index in [2.05, 4.69) is 133 Å². The molecule has 4 nitrogen and oxygen atoms in total. The molecular weight excluding hydrogens is 516 g/mol. The highest BCUT2D eigenvalue weighted by molar-refractivity contribution is 6.04. The summed E-state index contributed by atoms with van der Waals surface area (Å²) >= 11 is 0. The van der Waals surface area contributed by atoms with Gasteiger partial charge in [0, 0.05) is 5.56 Å². The topological polar surface area (TPSA) is 18.5 Å². The predicted octanol–water partition coefficient (Wildman–Crippen LogP) is 6.85. The van der Waals surface area contributed by atoms with Crippen LogP contribution in [0.5, 0.6) is 11.5 Å². The molecule has 0 heterocycles. The second kappa shape index (κ2) is 13.6. The first-order valence-electron chi connectivity index (χ1n) is 14.5. The van der Waals surface area contributed by atoms with Crippen molar-refractivity contribution in [3.05, 3.63) is 131 Å². The Bertz CT molecular complexity index is 1430. The van der Waals surface area contributed by atoms with E-state index in [1.807, 2.05) is 18.2 Å². The van der Waals surface area contributed by atoms with E-state index in [1.165, 1.54) is 0 Å². The number of likely N-dealkylation sites (N-methyl/N-ethyl adjacent to an activating group) is 2. The minimum absolute atomic E-state index is 0.665. The normalized spacial score (nSPS) is 11.5. The van der Waals surface area contributed by atoms with Gasteiger partial charge in [-0.1, -0.05) is 72.7 Å². The van der Waals surface area contributed by atoms with Crippen LogP contribution in [0.2, 0.25) is 0 Å². The molecule has 0 fully saturated rings. The molecule has 4 rings (SSSR count). The van der Waals surface area contributed by atoms with Gasteiger partial charge in [-0.05, 0) is 69.8 Å². The molecule has 0 radical (unpaired) electrons. The highest BCUT2D eigenvalue weighted by Crippen LogP contribution is 2.38. The summed E-state index contributed by atoms with van der Waals surface area (Å²) in [5.41, 5.74) is 7.56. The quantitative estimate of drug-likeness (QED) is 0.107. The van der Waals surface area contributed by atoms with E-state index in [0.29, 0.717) is 13.2 Å². The fraction of sp³-hybridized carbons (Fsp3) is 0.263. The lowest BCUT2D eigenvalue weighted by Crippen LogP contribution is -2.38. The maximum absolute atomic E-state index is 6.09. The maximum Gasteiger partial charge on any atom is 0.137 e. The number of ether oxygens (including phenoxy) is 2. The van der Waals surface area contributed by atoms with Crippen LogP contribution < -0.4 is 9.47 Å². The van der Waals surface area contributed by atoms with Crippen molar-refractivity contribution in [3.63, 3.8) is 0 Å². The van der Waals surface area contributed by atoms with E-state index in [9.17, 15) is 0 Å². The molecule has 0 aromatic heterocycles. The van der Waals surface area contributed by atoms with Crippen molar-refractivity contribution in [1.82, 2.24) is 0 Å². The van der Waals surface area contributed by atoms with Crippen molar-refractivity contribution in [2.45, 2.75) is 0 Å². The second-order valence-corrected chi connectivity index (χ2v) is 12.6. The molecule has 216 valence electrons. The van der Waals surface area contributed by atoms with Crippen molar-refractivity contribution in [2.75, 3.05) is 68.6 Å². The summed E-state index contributed by atoms with van der Waals surface area (Å²) in [6.07, 6.45) is 5.69. The Morgan fingerprint density at radius 2 is 0.881 bits per heavy atom. The molecular formula is C38H44N2O2+2. The SMILES string of the molecule is C#Cc1ccc(C(=C(c2ccc(OCC[N+](C)(C)C)cc2)c2ccc(OCC[N+](C)(C)C)cc2)c2ccccc2)cc1. The molecule has 4 aromatic rings. The lowest BCUT2D eigenvalue weighted by Gasteiger charge is -2.24. The minimum atomic E-state index is 0.665. The summed E-state index contributed by atoms with van der Waals surface area (Å²) in [7, 11) is 13.0.